The first kappa shape index (κ1) is 29.4. The molecule has 51 heavy (non-hydrogen) atoms. The van der Waals surface area contributed by atoms with E-state index >= 15 is 0 Å². The second kappa shape index (κ2) is 12.1. The van der Waals surface area contributed by atoms with Crippen molar-refractivity contribution in [1.82, 2.24) is 19.9 Å². The molecule has 10 rings (SSSR count). The fraction of sp³-hybridized carbons (Fsp3) is 0. The van der Waals surface area contributed by atoms with E-state index in [1.807, 2.05) is 12.1 Å². The Morgan fingerprint density at radius 3 is 1.63 bits per heavy atom. The van der Waals surface area contributed by atoms with Crippen LogP contribution in [0.3, 0.4) is 0 Å². The summed E-state index contributed by atoms with van der Waals surface area (Å²) in [6.45, 7) is 0. The van der Waals surface area contributed by atoms with Crippen LogP contribution in [0.5, 0.6) is 0 Å². The van der Waals surface area contributed by atoms with E-state index in [9.17, 15) is 0 Å². The van der Waals surface area contributed by atoms with E-state index in [-0.39, 0.29) is 0 Å². The Hall–Kier alpha value is -6.56. The van der Waals surface area contributed by atoms with Gasteiger partial charge < -0.3 is 0 Å². The zero-order valence-electron chi connectivity index (χ0n) is 27.4. The Bertz CT molecular complexity index is 2920. The maximum absolute atomic E-state index is 5.23. The summed E-state index contributed by atoms with van der Waals surface area (Å²) in [5.41, 5.74) is 9.05. The van der Waals surface area contributed by atoms with Gasteiger partial charge in [-0.3, -0.25) is 0 Å². The van der Waals surface area contributed by atoms with Crippen molar-refractivity contribution >= 4 is 53.3 Å². The number of hydrogen-bond donors (Lipinski definition) is 0. The lowest BCUT2D eigenvalue weighted by molar-refractivity contribution is 1.23. The van der Waals surface area contributed by atoms with Crippen LogP contribution in [0.1, 0.15) is 0 Å². The van der Waals surface area contributed by atoms with Crippen LogP contribution in [0.15, 0.2) is 170 Å². The van der Waals surface area contributed by atoms with Crippen LogP contribution in [0.2, 0.25) is 0 Å². The van der Waals surface area contributed by atoms with Gasteiger partial charge in [-0.15, -0.1) is 11.3 Å². The summed E-state index contributed by atoms with van der Waals surface area (Å²) in [4.78, 5) is 21.8. The van der Waals surface area contributed by atoms with E-state index in [4.69, 9.17) is 19.9 Å². The molecule has 7 aromatic carbocycles. The number of hydrogen-bond acceptors (Lipinski definition) is 5. The van der Waals surface area contributed by atoms with Crippen molar-refractivity contribution in [2.24, 2.45) is 0 Å². The molecule has 3 aromatic heterocycles. The first-order chi connectivity index (χ1) is 25.3. The molecule has 0 radical (unpaired) electrons. The maximum Gasteiger partial charge on any atom is 0.161 e. The summed E-state index contributed by atoms with van der Waals surface area (Å²) >= 11 is 1.72. The minimum Gasteiger partial charge on any atom is -0.227 e. The lowest BCUT2D eigenvalue weighted by atomic mass is 9.99. The number of thiophene rings is 1. The van der Waals surface area contributed by atoms with Gasteiger partial charge in [-0.25, -0.2) is 19.9 Å². The van der Waals surface area contributed by atoms with Crippen LogP contribution in [0.4, 0.5) is 0 Å². The molecule has 0 amide bonds. The molecule has 10 aromatic rings. The fourth-order valence-corrected chi connectivity index (χ4v) is 8.12. The van der Waals surface area contributed by atoms with E-state index in [0.29, 0.717) is 11.6 Å². The molecule has 0 atom stereocenters. The second-order valence-electron chi connectivity index (χ2n) is 12.6. The maximum atomic E-state index is 5.23. The molecule has 0 spiro atoms. The lowest BCUT2D eigenvalue weighted by Crippen LogP contribution is -1.96. The molecule has 0 aliphatic heterocycles. The van der Waals surface area contributed by atoms with Crippen molar-refractivity contribution in [2.45, 2.75) is 0 Å². The van der Waals surface area contributed by atoms with Gasteiger partial charge in [-0.1, -0.05) is 146 Å². The summed E-state index contributed by atoms with van der Waals surface area (Å²) in [6.07, 6.45) is 0. The predicted octanol–water partition coefficient (Wildman–Crippen LogP) is 12.3. The highest BCUT2D eigenvalue weighted by molar-refractivity contribution is 7.25. The quantitative estimate of drug-likeness (QED) is 0.171. The molecule has 0 unspecified atom stereocenters. The van der Waals surface area contributed by atoms with Crippen molar-refractivity contribution in [3.8, 4) is 56.4 Å². The standard InChI is InChI=1S/C46H28N4S/c1-3-14-30(15-4-1)41-38-26-25-29-13-7-8-22-36(29)43(38)49-44(47-41)34-20-11-18-32(27-34)33-19-12-21-35(28-33)45-48-42(31-16-5-2-6-17-31)40-37-23-9-10-24-39(37)51-46(40)50-45/h1-28H. The molecule has 3 heterocycles. The normalized spacial score (nSPS) is 11.5. The highest BCUT2D eigenvalue weighted by Gasteiger charge is 2.18. The van der Waals surface area contributed by atoms with Gasteiger partial charge >= 0.3 is 0 Å². The Morgan fingerprint density at radius 1 is 0.353 bits per heavy atom. The van der Waals surface area contributed by atoms with Gasteiger partial charge in [0.2, 0.25) is 0 Å². The Balaban J connectivity index is 1.11. The summed E-state index contributed by atoms with van der Waals surface area (Å²) in [6, 6.07) is 59.1. The molecule has 0 fully saturated rings. The third-order valence-corrected chi connectivity index (χ3v) is 10.6. The van der Waals surface area contributed by atoms with Crippen molar-refractivity contribution in [3.63, 3.8) is 0 Å². The molecule has 0 aliphatic rings. The molecule has 4 nitrogen and oxygen atoms in total. The predicted molar refractivity (Wildman–Crippen MR) is 213 cm³/mol. The van der Waals surface area contributed by atoms with Gasteiger partial charge in [-0.2, -0.15) is 0 Å². The number of benzene rings is 7. The van der Waals surface area contributed by atoms with Crippen molar-refractivity contribution < 1.29 is 0 Å². The molecule has 5 heteroatoms. The Labute approximate surface area is 298 Å². The van der Waals surface area contributed by atoms with Crippen molar-refractivity contribution in [1.29, 1.82) is 0 Å². The molecule has 0 bridgehead atoms. The molecule has 0 N–H and O–H groups in total. The van der Waals surface area contributed by atoms with Gasteiger partial charge in [0.25, 0.3) is 0 Å². The number of nitrogens with zero attached hydrogens (tertiary/aromatic N) is 4. The topological polar surface area (TPSA) is 51.6 Å². The van der Waals surface area contributed by atoms with Gasteiger partial charge in [-0.05, 0) is 40.8 Å². The fourth-order valence-electron chi connectivity index (χ4n) is 7.04. The molecule has 0 saturated heterocycles. The monoisotopic (exact) mass is 668 g/mol. The van der Waals surface area contributed by atoms with E-state index in [2.05, 4.69) is 158 Å². The van der Waals surface area contributed by atoms with Crippen LogP contribution in [-0.2, 0) is 0 Å². The van der Waals surface area contributed by atoms with Crippen LogP contribution < -0.4 is 0 Å². The summed E-state index contributed by atoms with van der Waals surface area (Å²) in [5.74, 6) is 1.41. The number of fused-ring (bicyclic) bond motifs is 6. The van der Waals surface area contributed by atoms with Gasteiger partial charge in [0, 0.05) is 48.5 Å². The van der Waals surface area contributed by atoms with Gasteiger partial charge in [0.05, 0.1) is 16.9 Å². The zero-order chi connectivity index (χ0) is 33.7. The lowest BCUT2D eigenvalue weighted by Gasteiger charge is -2.12. The number of aromatic nitrogens is 4. The first-order valence-electron chi connectivity index (χ1n) is 17.0. The molecular formula is C46H28N4S. The van der Waals surface area contributed by atoms with E-state index < -0.39 is 0 Å². The summed E-state index contributed by atoms with van der Waals surface area (Å²) < 4.78 is 1.21. The molecule has 0 aliphatic carbocycles. The Morgan fingerprint density at radius 2 is 0.902 bits per heavy atom. The molecular weight excluding hydrogens is 641 g/mol. The third kappa shape index (κ3) is 5.14. The second-order valence-corrected chi connectivity index (χ2v) is 13.7. The summed E-state index contributed by atoms with van der Waals surface area (Å²) in [5, 5.41) is 5.61. The smallest absolute Gasteiger partial charge is 0.161 e. The Kier molecular flexibility index (Phi) is 6.96. The van der Waals surface area contributed by atoms with E-state index in [1.165, 1.54) is 10.1 Å². The average Bonchev–Trinajstić information content (AvgIpc) is 3.59. The number of rotatable bonds is 5. The molecule has 0 saturated carbocycles. The highest BCUT2D eigenvalue weighted by Crippen LogP contribution is 2.40. The highest BCUT2D eigenvalue weighted by atomic mass is 32.1. The van der Waals surface area contributed by atoms with E-state index in [0.717, 1.165) is 76.7 Å². The molecule has 238 valence electrons. The van der Waals surface area contributed by atoms with E-state index in [1.54, 1.807) is 11.3 Å². The first-order valence-corrected chi connectivity index (χ1v) is 17.8. The van der Waals surface area contributed by atoms with Crippen molar-refractivity contribution in [3.05, 3.63) is 170 Å². The average molecular weight is 669 g/mol. The van der Waals surface area contributed by atoms with Crippen LogP contribution in [-0.4, -0.2) is 19.9 Å². The summed E-state index contributed by atoms with van der Waals surface area (Å²) in [7, 11) is 0. The van der Waals surface area contributed by atoms with Crippen molar-refractivity contribution in [2.75, 3.05) is 0 Å². The van der Waals surface area contributed by atoms with Gasteiger partial charge in [0.1, 0.15) is 4.83 Å². The van der Waals surface area contributed by atoms with Crippen LogP contribution >= 0.6 is 11.3 Å². The van der Waals surface area contributed by atoms with Crippen LogP contribution in [0.25, 0.3) is 98.4 Å². The van der Waals surface area contributed by atoms with Gasteiger partial charge in [0.15, 0.2) is 11.6 Å². The largest absolute Gasteiger partial charge is 0.227 e. The third-order valence-electron chi connectivity index (χ3n) is 9.50. The minimum absolute atomic E-state index is 0.696. The zero-order valence-corrected chi connectivity index (χ0v) is 28.2. The van der Waals surface area contributed by atoms with Crippen LogP contribution in [0, 0.1) is 0 Å². The SMILES string of the molecule is c1ccc(-c2nc(-c3cccc(-c4cccc(-c5nc(-c6ccccc6)c6c(n5)sc5ccccc56)c4)c3)nc3c2ccc2ccccc23)cc1. The minimum atomic E-state index is 0.696.